The maximum atomic E-state index is 11.4. The van der Waals surface area contributed by atoms with Crippen LogP contribution in [0.3, 0.4) is 0 Å². The van der Waals surface area contributed by atoms with E-state index in [9.17, 15) is 4.79 Å². The minimum atomic E-state index is -0.363. The van der Waals surface area contributed by atoms with Gasteiger partial charge >= 0.3 is 5.97 Å². The fourth-order valence-electron chi connectivity index (χ4n) is 1.00. The smallest absolute Gasteiger partial charge is 0.358 e. The van der Waals surface area contributed by atoms with Gasteiger partial charge in [0.05, 0.1) is 6.61 Å². The second kappa shape index (κ2) is 5.14. The van der Waals surface area contributed by atoms with Gasteiger partial charge in [0.2, 0.25) is 0 Å². The molecule has 0 saturated carbocycles. The largest absolute Gasteiger partial charge is 0.461 e. The van der Waals surface area contributed by atoms with Crippen molar-refractivity contribution >= 4 is 21.9 Å². The normalized spacial score (nSPS) is 10.2. The molecule has 0 aromatic carbocycles. The van der Waals surface area contributed by atoms with Crippen molar-refractivity contribution in [1.29, 1.82) is 0 Å². The number of aryl methyl sites for hydroxylation is 1. The molecule has 1 aromatic heterocycles. The standard InChI is InChI=1S/C9H13BrN2O2/c1-3-4-5-14-8(13)7-6(2)11-9(10)12-7/h3-5H2,1-2H3,(H,11,12). The minimum absolute atomic E-state index is 0.355. The lowest BCUT2D eigenvalue weighted by Crippen LogP contribution is -2.08. The van der Waals surface area contributed by atoms with Crippen molar-refractivity contribution < 1.29 is 9.53 Å². The van der Waals surface area contributed by atoms with Crippen molar-refractivity contribution in [1.82, 2.24) is 9.97 Å². The van der Waals surface area contributed by atoms with Crippen LogP contribution in [0.5, 0.6) is 0 Å². The van der Waals surface area contributed by atoms with Gasteiger partial charge in [-0.15, -0.1) is 0 Å². The van der Waals surface area contributed by atoms with E-state index in [2.05, 4.69) is 25.9 Å². The van der Waals surface area contributed by atoms with E-state index in [1.165, 1.54) is 0 Å². The Morgan fingerprint density at radius 2 is 2.36 bits per heavy atom. The molecule has 4 nitrogen and oxygen atoms in total. The molecule has 78 valence electrons. The molecule has 0 atom stereocenters. The second-order valence-corrected chi connectivity index (χ2v) is 3.74. The highest BCUT2D eigenvalue weighted by atomic mass is 79.9. The number of aromatic nitrogens is 2. The first-order chi connectivity index (χ1) is 6.65. The summed E-state index contributed by atoms with van der Waals surface area (Å²) in [6.07, 6.45) is 1.90. The SMILES string of the molecule is CCCCOC(=O)c1nc(Br)[nH]c1C. The first-order valence-corrected chi connectivity index (χ1v) is 5.33. The average molecular weight is 261 g/mol. The number of ether oxygens (including phenoxy) is 1. The predicted octanol–water partition coefficient (Wildman–Crippen LogP) is 2.44. The highest BCUT2D eigenvalue weighted by Gasteiger charge is 2.14. The summed E-state index contributed by atoms with van der Waals surface area (Å²) < 4.78 is 5.57. The van der Waals surface area contributed by atoms with E-state index in [0.29, 0.717) is 17.0 Å². The Kier molecular flexibility index (Phi) is 4.13. The van der Waals surface area contributed by atoms with Gasteiger partial charge in [0.1, 0.15) is 0 Å². The number of hydrogen-bond acceptors (Lipinski definition) is 3. The number of esters is 1. The summed E-state index contributed by atoms with van der Waals surface area (Å²) in [5, 5.41) is 0. The molecule has 0 aliphatic carbocycles. The number of H-pyrrole nitrogens is 1. The van der Waals surface area contributed by atoms with E-state index in [1.54, 1.807) is 6.92 Å². The van der Waals surface area contributed by atoms with Crippen molar-refractivity contribution in [3.05, 3.63) is 16.1 Å². The Bertz CT molecular complexity index is 323. The van der Waals surface area contributed by atoms with Crippen molar-refractivity contribution in [3.63, 3.8) is 0 Å². The summed E-state index contributed by atoms with van der Waals surface area (Å²) in [4.78, 5) is 18.3. The Hall–Kier alpha value is -0.840. The topological polar surface area (TPSA) is 55.0 Å². The highest BCUT2D eigenvalue weighted by molar-refractivity contribution is 9.10. The number of carbonyl (C=O) groups excluding carboxylic acids is 1. The molecule has 1 rings (SSSR count). The monoisotopic (exact) mass is 260 g/mol. The summed E-state index contributed by atoms with van der Waals surface area (Å²) in [5.74, 6) is -0.363. The van der Waals surface area contributed by atoms with E-state index in [-0.39, 0.29) is 5.97 Å². The highest BCUT2D eigenvalue weighted by Crippen LogP contribution is 2.11. The molecule has 0 aliphatic heterocycles. The molecule has 1 heterocycles. The molecule has 0 saturated heterocycles. The quantitative estimate of drug-likeness (QED) is 0.669. The van der Waals surface area contributed by atoms with Crippen LogP contribution in [0, 0.1) is 6.92 Å². The number of carbonyl (C=O) groups is 1. The van der Waals surface area contributed by atoms with E-state index in [0.717, 1.165) is 18.5 Å². The molecular formula is C9H13BrN2O2. The van der Waals surface area contributed by atoms with Gasteiger partial charge in [-0.05, 0) is 29.3 Å². The summed E-state index contributed by atoms with van der Waals surface area (Å²) in [7, 11) is 0. The maximum absolute atomic E-state index is 11.4. The first-order valence-electron chi connectivity index (χ1n) is 4.54. The zero-order valence-corrected chi connectivity index (χ0v) is 9.85. The molecule has 0 unspecified atom stereocenters. The number of nitrogens with zero attached hydrogens (tertiary/aromatic N) is 1. The zero-order chi connectivity index (χ0) is 10.6. The van der Waals surface area contributed by atoms with E-state index < -0.39 is 0 Å². The van der Waals surface area contributed by atoms with Crippen LogP contribution in [0.25, 0.3) is 0 Å². The Labute approximate surface area is 91.2 Å². The lowest BCUT2D eigenvalue weighted by molar-refractivity contribution is 0.0492. The number of nitrogens with one attached hydrogen (secondary N) is 1. The molecular weight excluding hydrogens is 248 g/mol. The van der Waals surface area contributed by atoms with Crippen LogP contribution < -0.4 is 0 Å². The molecule has 0 bridgehead atoms. The molecule has 0 aliphatic rings. The van der Waals surface area contributed by atoms with Crippen LogP contribution >= 0.6 is 15.9 Å². The fraction of sp³-hybridized carbons (Fsp3) is 0.556. The van der Waals surface area contributed by atoms with Crippen molar-refractivity contribution in [3.8, 4) is 0 Å². The van der Waals surface area contributed by atoms with Gasteiger partial charge in [-0.1, -0.05) is 13.3 Å². The van der Waals surface area contributed by atoms with Crippen LogP contribution in [0.15, 0.2) is 4.73 Å². The van der Waals surface area contributed by atoms with Crippen LogP contribution in [-0.2, 0) is 4.74 Å². The summed E-state index contributed by atoms with van der Waals surface area (Å²) in [6, 6.07) is 0. The molecule has 0 radical (unpaired) electrons. The second-order valence-electron chi connectivity index (χ2n) is 2.99. The number of unbranched alkanes of at least 4 members (excludes halogenated alkanes) is 1. The fourth-order valence-corrected chi connectivity index (χ4v) is 1.47. The molecule has 1 N–H and O–H groups in total. The molecule has 0 amide bonds. The lowest BCUT2D eigenvalue weighted by atomic mass is 10.3. The van der Waals surface area contributed by atoms with Crippen LogP contribution in [0.2, 0.25) is 0 Å². The van der Waals surface area contributed by atoms with Crippen molar-refractivity contribution in [2.24, 2.45) is 0 Å². The van der Waals surface area contributed by atoms with Crippen LogP contribution in [0.1, 0.15) is 35.9 Å². The van der Waals surface area contributed by atoms with Gasteiger partial charge in [-0.3, -0.25) is 0 Å². The molecule has 0 fully saturated rings. The van der Waals surface area contributed by atoms with Crippen LogP contribution in [0.4, 0.5) is 0 Å². The number of imidazole rings is 1. The van der Waals surface area contributed by atoms with Gasteiger partial charge in [-0.2, -0.15) is 0 Å². The lowest BCUT2D eigenvalue weighted by Gasteiger charge is -2.01. The number of halogens is 1. The number of hydrogen-bond donors (Lipinski definition) is 1. The Morgan fingerprint density at radius 3 is 2.86 bits per heavy atom. The average Bonchev–Trinajstić information content (AvgIpc) is 2.45. The molecule has 1 aromatic rings. The van der Waals surface area contributed by atoms with E-state index >= 15 is 0 Å². The van der Waals surface area contributed by atoms with Crippen molar-refractivity contribution in [2.45, 2.75) is 26.7 Å². The van der Waals surface area contributed by atoms with Crippen LogP contribution in [-0.4, -0.2) is 22.5 Å². The third-order valence-electron chi connectivity index (χ3n) is 1.78. The third kappa shape index (κ3) is 2.83. The number of aromatic amines is 1. The first kappa shape index (κ1) is 11.2. The van der Waals surface area contributed by atoms with Gasteiger partial charge in [0, 0.05) is 5.69 Å². The van der Waals surface area contributed by atoms with Crippen molar-refractivity contribution in [2.75, 3.05) is 6.61 Å². The summed E-state index contributed by atoms with van der Waals surface area (Å²) in [5.41, 5.74) is 1.08. The zero-order valence-electron chi connectivity index (χ0n) is 8.26. The van der Waals surface area contributed by atoms with Gasteiger partial charge in [0.25, 0.3) is 0 Å². The maximum Gasteiger partial charge on any atom is 0.358 e. The molecule has 0 spiro atoms. The van der Waals surface area contributed by atoms with Gasteiger partial charge in [-0.25, -0.2) is 9.78 Å². The molecule has 5 heteroatoms. The van der Waals surface area contributed by atoms with Gasteiger partial charge < -0.3 is 9.72 Å². The third-order valence-corrected chi connectivity index (χ3v) is 2.16. The summed E-state index contributed by atoms with van der Waals surface area (Å²) >= 11 is 3.16. The van der Waals surface area contributed by atoms with E-state index in [4.69, 9.17) is 4.74 Å². The Balaban J connectivity index is 2.56. The Morgan fingerprint density at radius 1 is 1.64 bits per heavy atom. The molecule has 14 heavy (non-hydrogen) atoms. The number of rotatable bonds is 4. The minimum Gasteiger partial charge on any atom is -0.461 e. The van der Waals surface area contributed by atoms with Gasteiger partial charge in [0.15, 0.2) is 10.4 Å². The predicted molar refractivity (Wildman–Crippen MR) is 56.2 cm³/mol. The van der Waals surface area contributed by atoms with E-state index in [1.807, 2.05) is 6.92 Å². The summed E-state index contributed by atoms with van der Waals surface area (Å²) in [6.45, 7) is 4.29.